The predicted molar refractivity (Wildman–Crippen MR) is 74.8 cm³/mol. The summed E-state index contributed by atoms with van der Waals surface area (Å²) in [6, 6.07) is 10.2. The van der Waals surface area contributed by atoms with E-state index in [-0.39, 0.29) is 6.54 Å². The van der Waals surface area contributed by atoms with Crippen LogP contribution in [-0.2, 0) is 0 Å². The summed E-state index contributed by atoms with van der Waals surface area (Å²) >= 11 is 0. The van der Waals surface area contributed by atoms with Gasteiger partial charge in [-0.3, -0.25) is 0 Å². The van der Waals surface area contributed by atoms with Gasteiger partial charge in [-0.25, -0.2) is 13.6 Å². The number of anilines is 1. The fraction of sp³-hybridized carbons (Fsp3) is 0.133. The van der Waals surface area contributed by atoms with Gasteiger partial charge in [-0.1, -0.05) is 18.2 Å². The highest BCUT2D eigenvalue weighted by Gasteiger charge is 2.09. The van der Waals surface area contributed by atoms with Crippen molar-refractivity contribution in [3.05, 3.63) is 65.7 Å². The van der Waals surface area contributed by atoms with Crippen LogP contribution >= 0.6 is 0 Å². The second-order valence-electron chi connectivity index (χ2n) is 4.41. The minimum Gasteiger partial charge on any atom is -0.387 e. The minimum absolute atomic E-state index is 0.0488. The Kier molecular flexibility index (Phi) is 4.84. The van der Waals surface area contributed by atoms with Crippen LogP contribution in [0.3, 0.4) is 0 Å². The minimum atomic E-state index is -0.955. The van der Waals surface area contributed by atoms with Crippen LogP contribution in [-0.4, -0.2) is 17.7 Å². The maximum atomic E-state index is 12.9. The molecule has 0 spiro atoms. The standard InChI is InChI=1S/C15H14F2N2O2/c16-11-6-4-10(5-7-11)14(20)9-18-15(21)19-13-3-1-2-12(17)8-13/h1-8,14,20H,9H2,(H2,18,19,21)/t14-/m0/s1. The number of rotatable bonds is 4. The molecule has 0 aliphatic rings. The first-order chi connectivity index (χ1) is 10.0. The Balaban J connectivity index is 1.84. The second-order valence-corrected chi connectivity index (χ2v) is 4.41. The molecule has 0 fully saturated rings. The molecule has 0 aliphatic carbocycles. The summed E-state index contributed by atoms with van der Waals surface area (Å²) in [6.45, 7) is -0.0488. The van der Waals surface area contributed by atoms with Crippen LogP contribution in [0.1, 0.15) is 11.7 Å². The first-order valence-corrected chi connectivity index (χ1v) is 6.28. The van der Waals surface area contributed by atoms with Gasteiger partial charge in [0, 0.05) is 12.2 Å². The Morgan fingerprint density at radius 1 is 1.10 bits per heavy atom. The third-order valence-electron chi connectivity index (χ3n) is 2.79. The molecule has 2 aromatic rings. The number of aliphatic hydroxyl groups is 1. The third-order valence-corrected chi connectivity index (χ3v) is 2.79. The normalized spacial score (nSPS) is 11.8. The van der Waals surface area contributed by atoms with E-state index in [2.05, 4.69) is 10.6 Å². The summed E-state index contributed by atoms with van der Waals surface area (Å²) in [5.74, 6) is -0.859. The molecule has 0 saturated heterocycles. The van der Waals surface area contributed by atoms with E-state index in [1.165, 1.54) is 42.5 Å². The highest BCUT2D eigenvalue weighted by atomic mass is 19.1. The van der Waals surface area contributed by atoms with Gasteiger partial charge < -0.3 is 15.7 Å². The zero-order valence-corrected chi connectivity index (χ0v) is 11.0. The number of benzene rings is 2. The first kappa shape index (κ1) is 14.9. The van der Waals surface area contributed by atoms with Crippen LogP contribution in [0.2, 0.25) is 0 Å². The Labute approximate surface area is 120 Å². The lowest BCUT2D eigenvalue weighted by atomic mass is 10.1. The predicted octanol–water partition coefficient (Wildman–Crippen LogP) is 2.82. The summed E-state index contributed by atoms with van der Waals surface area (Å²) < 4.78 is 25.7. The van der Waals surface area contributed by atoms with E-state index in [1.807, 2.05) is 0 Å². The van der Waals surface area contributed by atoms with Crippen LogP contribution in [0, 0.1) is 11.6 Å². The topological polar surface area (TPSA) is 61.4 Å². The zero-order valence-electron chi connectivity index (χ0n) is 11.0. The number of hydrogen-bond acceptors (Lipinski definition) is 2. The van der Waals surface area contributed by atoms with E-state index >= 15 is 0 Å². The van der Waals surface area contributed by atoms with Gasteiger partial charge in [0.2, 0.25) is 0 Å². The molecule has 2 rings (SSSR count). The summed E-state index contributed by atoms with van der Waals surface area (Å²) in [7, 11) is 0. The molecule has 0 aliphatic heterocycles. The van der Waals surface area contributed by atoms with Crippen molar-refractivity contribution in [2.24, 2.45) is 0 Å². The maximum Gasteiger partial charge on any atom is 0.319 e. The van der Waals surface area contributed by atoms with Crippen molar-refractivity contribution >= 4 is 11.7 Å². The van der Waals surface area contributed by atoms with Gasteiger partial charge in [0.15, 0.2) is 0 Å². The summed E-state index contributed by atoms with van der Waals surface area (Å²) in [4.78, 5) is 11.6. The number of amides is 2. The maximum absolute atomic E-state index is 12.9. The molecule has 3 N–H and O–H groups in total. The molecule has 0 aromatic heterocycles. The second kappa shape index (κ2) is 6.81. The highest BCUT2D eigenvalue weighted by Crippen LogP contribution is 2.13. The number of halogens is 2. The lowest BCUT2D eigenvalue weighted by Crippen LogP contribution is -2.32. The molecular formula is C15H14F2N2O2. The quantitative estimate of drug-likeness (QED) is 0.811. The molecule has 2 aromatic carbocycles. The smallest absolute Gasteiger partial charge is 0.319 e. The van der Waals surface area contributed by atoms with Crippen molar-refractivity contribution in [1.82, 2.24) is 5.32 Å². The van der Waals surface area contributed by atoms with Gasteiger partial charge in [-0.05, 0) is 35.9 Å². The van der Waals surface area contributed by atoms with Crippen molar-refractivity contribution in [2.75, 3.05) is 11.9 Å². The van der Waals surface area contributed by atoms with E-state index in [9.17, 15) is 18.7 Å². The van der Waals surface area contributed by atoms with Crippen molar-refractivity contribution < 1.29 is 18.7 Å². The van der Waals surface area contributed by atoms with Gasteiger partial charge in [0.05, 0.1) is 6.10 Å². The van der Waals surface area contributed by atoms with Crippen LogP contribution in [0.25, 0.3) is 0 Å². The van der Waals surface area contributed by atoms with E-state index in [0.717, 1.165) is 0 Å². The van der Waals surface area contributed by atoms with Gasteiger partial charge in [-0.15, -0.1) is 0 Å². The number of hydrogen-bond donors (Lipinski definition) is 3. The average molecular weight is 292 g/mol. The summed E-state index contributed by atoms with van der Waals surface area (Å²) in [5.41, 5.74) is 0.797. The molecule has 110 valence electrons. The highest BCUT2D eigenvalue weighted by molar-refractivity contribution is 5.89. The summed E-state index contributed by atoms with van der Waals surface area (Å²) in [6.07, 6.45) is -0.955. The zero-order chi connectivity index (χ0) is 15.2. The summed E-state index contributed by atoms with van der Waals surface area (Å²) in [5, 5.41) is 14.7. The number of carbonyl (C=O) groups is 1. The van der Waals surface area contributed by atoms with Gasteiger partial charge in [0.1, 0.15) is 11.6 Å². The Bertz CT molecular complexity index is 617. The number of nitrogens with one attached hydrogen (secondary N) is 2. The van der Waals surface area contributed by atoms with E-state index in [1.54, 1.807) is 6.07 Å². The van der Waals surface area contributed by atoms with Crippen molar-refractivity contribution in [1.29, 1.82) is 0 Å². The van der Waals surface area contributed by atoms with Crippen molar-refractivity contribution in [3.63, 3.8) is 0 Å². The lowest BCUT2D eigenvalue weighted by molar-refractivity contribution is 0.175. The van der Waals surface area contributed by atoms with E-state index in [4.69, 9.17) is 0 Å². The number of carbonyl (C=O) groups excluding carboxylic acids is 1. The average Bonchev–Trinajstić information content (AvgIpc) is 2.45. The van der Waals surface area contributed by atoms with Crippen LogP contribution in [0.15, 0.2) is 48.5 Å². The fourth-order valence-electron chi connectivity index (χ4n) is 1.73. The van der Waals surface area contributed by atoms with Crippen molar-refractivity contribution in [3.8, 4) is 0 Å². The van der Waals surface area contributed by atoms with Gasteiger partial charge in [-0.2, -0.15) is 0 Å². The number of aliphatic hydroxyl groups excluding tert-OH is 1. The Hall–Kier alpha value is -2.47. The van der Waals surface area contributed by atoms with Gasteiger partial charge >= 0.3 is 6.03 Å². The molecule has 6 heteroatoms. The molecule has 0 unspecified atom stereocenters. The largest absolute Gasteiger partial charge is 0.387 e. The molecule has 1 atom stereocenters. The molecule has 0 bridgehead atoms. The van der Waals surface area contributed by atoms with E-state index < -0.39 is 23.8 Å². The Morgan fingerprint density at radius 2 is 1.81 bits per heavy atom. The number of urea groups is 1. The van der Waals surface area contributed by atoms with Crippen molar-refractivity contribution in [2.45, 2.75) is 6.10 Å². The van der Waals surface area contributed by atoms with E-state index in [0.29, 0.717) is 11.3 Å². The first-order valence-electron chi connectivity index (χ1n) is 6.28. The molecule has 0 saturated carbocycles. The molecule has 0 radical (unpaired) electrons. The monoisotopic (exact) mass is 292 g/mol. The Morgan fingerprint density at radius 3 is 2.48 bits per heavy atom. The SMILES string of the molecule is O=C(NC[C@H](O)c1ccc(F)cc1)Nc1cccc(F)c1. The van der Waals surface area contributed by atoms with Gasteiger partial charge in [0.25, 0.3) is 0 Å². The molecule has 2 amide bonds. The molecular weight excluding hydrogens is 278 g/mol. The molecule has 21 heavy (non-hydrogen) atoms. The third kappa shape index (κ3) is 4.54. The van der Waals surface area contributed by atoms with Crippen LogP contribution < -0.4 is 10.6 Å². The van der Waals surface area contributed by atoms with Crippen LogP contribution in [0.4, 0.5) is 19.3 Å². The lowest BCUT2D eigenvalue weighted by Gasteiger charge is -2.13. The molecule has 0 heterocycles. The fourth-order valence-corrected chi connectivity index (χ4v) is 1.73. The van der Waals surface area contributed by atoms with Crippen LogP contribution in [0.5, 0.6) is 0 Å². The molecule has 4 nitrogen and oxygen atoms in total.